The number of aryl methyl sites for hydroxylation is 1. The summed E-state index contributed by atoms with van der Waals surface area (Å²) in [7, 11) is 0. The first-order valence-electron chi connectivity index (χ1n) is 9.23. The average molecular weight is 391 g/mol. The van der Waals surface area contributed by atoms with Gasteiger partial charge in [-0.15, -0.1) is 0 Å². The number of amides is 2. The Bertz CT molecular complexity index is 1010. The highest BCUT2D eigenvalue weighted by atomic mass is 16.5. The molecule has 1 aliphatic heterocycles. The molecule has 2 aromatic carbocycles. The van der Waals surface area contributed by atoms with E-state index in [1.54, 1.807) is 29.2 Å². The van der Waals surface area contributed by atoms with Gasteiger partial charge in [-0.05, 0) is 43.2 Å². The highest BCUT2D eigenvalue weighted by Gasteiger charge is 2.37. The van der Waals surface area contributed by atoms with Crippen LogP contribution in [0.4, 0.5) is 11.4 Å². The lowest BCUT2D eigenvalue weighted by Gasteiger charge is -2.20. The van der Waals surface area contributed by atoms with Crippen molar-refractivity contribution in [1.82, 2.24) is 0 Å². The van der Waals surface area contributed by atoms with E-state index in [0.717, 1.165) is 16.8 Å². The van der Waals surface area contributed by atoms with Gasteiger partial charge in [0.1, 0.15) is 6.07 Å². The van der Waals surface area contributed by atoms with Crippen LogP contribution in [-0.2, 0) is 19.1 Å². The Morgan fingerprint density at radius 1 is 1.21 bits per heavy atom. The summed E-state index contributed by atoms with van der Waals surface area (Å²) in [4.78, 5) is 38.4. The molecule has 0 unspecified atom stereocenters. The van der Waals surface area contributed by atoms with Gasteiger partial charge in [0, 0.05) is 18.7 Å². The summed E-state index contributed by atoms with van der Waals surface area (Å²) in [6.45, 7) is 3.65. The molecule has 0 spiro atoms. The SMILES string of the molecule is Cc1cccc(N2C[C@H](C(=O)OCC(=O)Nc3ccccc3C#N)CC2=O)c1C. The van der Waals surface area contributed by atoms with Crippen LogP contribution in [0.3, 0.4) is 0 Å². The maximum Gasteiger partial charge on any atom is 0.311 e. The van der Waals surface area contributed by atoms with Crippen molar-refractivity contribution in [2.24, 2.45) is 5.92 Å². The van der Waals surface area contributed by atoms with Gasteiger partial charge in [-0.2, -0.15) is 5.26 Å². The van der Waals surface area contributed by atoms with E-state index in [2.05, 4.69) is 5.32 Å². The fourth-order valence-electron chi connectivity index (χ4n) is 3.26. The molecule has 1 saturated heterocycles. The van der Waals surface area contributed by atoms with Crippen LogP contribution in [0.2, 0.25) is 0 Å². The van der Waals surface area contributed by atoms with E-state index in [1.165, 1.54) is 0 Å². The molecule has 3 rings (SSSR count). The molecule has 1 N–H and O–H groups in total. The Balaban J connectivity index is 1.58. The van der Waals surface area contributed by atoms with E-state index in [9.17, 15) is 14.4 Å². The standard InChI is InChI=1S/C22H21N3O4/c1-14-6-5-9-19(15(14)2)25-12-17(10-21(25)27)22(28)29-13-20(26)24-18-8-4-3-7-16(18)11-23/h3-9,17H,10,12-13H2,1-2H3,(H,24,26)/t17-/m1/s1. The van der Waals surface area contributed by atoms with Crippen molar-refractivity contribution in [3.05, 3.63) is 59.2 Å². The summed E-state index contributed by atoms with van der Waals surface area (Å²) in [6, 6.07) is 14.2. The zero-order valence-corrected chi connectivity index (χ0v) is 16.3. The number of anilines is 2. The molecule has 7 nitrogen and oxygen atoms in total. The minimum atomic E-state index is -0.624. The molecule has 7 heteroatoms. The van der Waals surface area contributed by atoms with E-state index in [1.807, 2.05) is 38.1 Å². The topological polar surface area (TPSA) is 99.5 Å². The Morgan fingerprint density at radius 3 is 2.72 bits per heavy atom. The molecule has 1 heterocycles. The molecule has 0 radical (unpaired) electrons. The number of hydrogen-bond acceptors (Lipinski definition) is 5. The van der Waals surface area contributed by atoms with Gasteiger partial charge in [-0.25, -0.2) is 0 Å². The largest absolute Gasteiger partial charge is 0.455 e. The predicted molar refractivity (Wildman–Crippen MR) is 107 cm³/mol. The Labute approximate surface area is 168 Å². The second kappa shape index (κ2) is 8.57. The minimum absolute atomic E-state index is 0.0467. The zero-order valence-electron chi connectivity index (χ0n) is 16.3. The van der Waals surface area contributed by atoms with Crippen molar-refractivity contribution in [2.75, 3.05) is 23.4 Å². The first-order chi connectivity index (χ1) is 13.9. The Hall–Kier alpha value is -3.66. The Kier molecular flexibility index (Phi) is 5.93. The fraction of sp³-hybridized carbons (Fsp3) is 0.273. The van der Waals surface area contributed by atoms with Crippen molar-refractivity contribution in [3.63, 3.8) is 0 Å². The summed E-state index contributed by atoms with van der Waals surface area (Å²) < 4.78 is 5.11. The smallest absolute Gasteiger partial charge is 0.311 e. The molecular weight excluding hydrogens is 370 g/mol. The molecule has 2 amide bonds. The van der Waals surface area contributed by atoms with Crippen LogP contribution in [0, 0.1) is 31.1 Å². The molecule has 2 aromatic rings. The summed E-state index contributed by atoms with van der Waals surface area (Å²) in [5, 5.41) is 11.6. The van der Waals surface area contributed by atoms with Gasteiger partial charge in [0.05, 0.1) is 17.2 Å². The van der Waals surface area contributed by atoms with Crippen LogP contribution in [0.25, 0.3) is 0 Å². The lowest BCUT2D eigenvalue weighted by molar-refractivity contribution is -0.151. The number of para-hydroxylation sites is 1. The zero-order chi connectivity index (χ0) is 21.0. The molecule has 0 saturated carbocycles. The first kappa shape index (κ1) is 20.1. The van der Waals surface area contributed by atoms with Crippen LogP contribution in [0.15, 0.2) is 42.5 Å². The van der Waals surface area contributed by atoms with Crippen molar-refractivity contribution >= 4 is 29.2 Å². The quantitative estimate of drug-likeness (QED) is 0.790. The maximum absolute atomic E-state index is 12.4. The number of ether oxygens (including phenoxy) is 1. The summed E-state index contributed by atoms with van der Waals surface area (Å²) in [6.07, 6.45) is 0.0467. The minimum Gasteiger partial charge on any atom is -0.455 e. The molecule has 29 heavy (non-hydrogen) atoms. The van der Waals surface area contributed by atoms with Gasteiger partial charge in [-0.1, -0.05) is 24.3 Å². The molecule has 1 aliphatic rings. The maximum atomic E-state index is 12.4. The van der Waals surface area contributed by atoms with E-state index < -0.39 is 24.4 Å². The number of nitrogens with one attached hydrogen (secondary N) is 1. The number of benzene rings is 2. The summed E-state index contributed by atoms with van der Waals surface area (Å²) >= 11 is 0. The van der Waals surface area contributed by atoms with Gasteiger partial charge < -0.3 is 15.0 Å². The van der Waals surface area contributed by atoms with E-state index >= 15 is 0 Å². The summed E-state index contributed by atoms with van der Waals surface area (Å²) in [5.41, 5.74) is 3.52. The van der Waals surface area contributed by atoms with Crippen molar-refractivity contribution in [3.8, 4) is 6.07 Å². The molecule has 148 valence electrons. The number of nitriles is 1. The van der Waals surface area contributed by atoms with Gasteiger partial charge in [0.2, 0.25) is 5.91 Å². The lowest BCUT2D eigenvalue weighted by Crippen LogP contribution is -2.28. The third kappa shape index (κ3) is 4.43. The number of carbonyl (C=O) groups excluding carboxylic acids is 3. The lowest BCUT2D eigenvalue weighted by atomic mass is 10.1. The van der Waals surface area contributed by atoms with Gasteiger partial charge in [-0.3, -0.25) is 14.4 Å². The summed E-state index contributed by atoms with van der Waals surface area (Å²) in [5.74, 6) is -1.90. The molecule has 0 bridgehead atoms. The van der Waals surface area contributed by atoms with E-state index in [0.29, 0.717) is 11.3 Å². The van der Waals surface area contributed by atoms with Crippen LogP contribution < -0.4 is 10.2 Å². The fourth-order valence-corrected chi connectivity index (χ4v) is 3.26. The van der Waals surface area contributed by atoms with Crippen LogP contribution in [-0.4, -0.2) is 30.9 Å². The number of hydrogen-bond donors (Lipinski definition) is 1. The van der Waals surface area contributed by atoms with E-state index in [4.69, 9.17) is 10.00 Å². The number of nitrogens with zero attached hydrogens (tertiary/aromatic N) is 2. The monoisotopic (exact) mass is 391 g/mol. The molecule has 0 aromatic heterocycles. The number of carbonyl (C=O) groups is 3. The van der Waals surface area contributed by atoms with Crippen molar-refractivity contribution in [1.29, 1.82) is 5.26 Å². The van der Waals surface area contributed by atoms with Gasteiger partial charge in [0.15, 0.2) is 6.61 Å². The number of esters is 1. The normalized spacial score (nSPS) is 15.7. The van der Waals surface area contributed by atoms with Crippen LogP contribution in [0.1, 0.15) is 23.1 Å². The van der Waals surface area contributed by atoms with Gasteiger partial charge in [0.25, 0.3) is 5.91 Å². The first-order valence-corrected chi connectivity index (χ1v) is 9.23. The van der Waals surface area contributed by atoms with E-state index in [-0.39, 0.29) is 18.9 Å². The number of rotatable bonds is 5. The molecule has 1 atom stereocenters. The second-order valence-electron chi connectivity index (χ2n) is 6.94. The molecular formula is C22H21N3O4. The third-order valence-electron chi connectivity index (χ3n) is 4.99. The van der Waals surface area contributed by atoms with Crippen LogP contribution in [0.5, 0.6) is 0 Å². The van der Waals surface area contributed by atoms with Crippen LogP contribution >= 0.6 is 0 Å². The highest BCUT2D eigenvalue weighted by molar-refractivity contribution is 6.00. The molecule has 0 aliphatic carbocycles. The van der Waals surface area contributed by atoms with Gasteiger partial charge >= 0.3 is 5.97 Å². The average Bonchev–Trinajstić information content (AvgIpc) is 3.10. The van der Waals surface area contributed by atoms with Crippen molar-refractivity contribution in [2.45, 2.75) is 20.3 Å². The predicted octanol–water partition coefficient (Wildman–Crippen LogP) is 2.71. The highest BCUT2D eigenvalue weighted by Crippen LogP contribution is 2.29. The van der Waals surface area contributed by atoms with Crippen molar-refractivity contribution < 1.29 is 19.1 Å². The third-order valence-corrected chi connectivity index (χ3v) is 4.99. The second-order valence-corrected chi connectivity index (χ2v) is 6.94. The molecule has 1 fully saturated rings. The Morgan fingerprint density at radius 2 is 1.97 bits per heavy atom.